The van der Waals surface area contributed by atoms with Crippen molar-refractivity contribution in [1.82, 2.24) is 4.90 Å². The highest BCUT2D eigenvalue weighted by atomic mass is 32.2. The Balaban J connectivity index is 1.59. The van der Waals surface area contributed by atoms with Gasteiger partial charge in [0.2, 0.25) is 0 Å². The third-order valence-corrected chi connectivity index (χ3v) is 5.96. The maximum Gasteiger partial charge on any atom is 0.0594 e. The van der Waals surface area contributed by atoms with Crippen molar-refractivity contribution in [3.63, 3.8) is 0 Å². The maximum atomic E-state index is 5.41. The van der Waals surface area contributed by atoms with Gasteiger partial charge in [-0.1, -0.05) is 35.5 Å². The molecular weight excluding hydrogens is 316 g/mol. The van der Waals surface area contributed by atoms with E-state index in [0.29, 0.717) is 0 Å². The molecule has 0 radical (unpaired) electrons. The molecule has 0 bridgehead atoms. The van der Waals surface area contributed by atoms with E-state index in [2.05, 4.69) is 54.4 Å². The topological polar surface area (TPSA) is 24.5 Å². The fourth-order valence-corrected chi connectivity index (χ4v) is 4.26. The van der Waals surface area contributed by atoms with Gasteiger partial charge in [-0.3, -0.25) is 4.90 Å². The fraction of sp³-hybridized carbons (Fsp3) is 0.500. The Morgan fingerprint density at radius 1 is 1.12 bits per heavy atom. The molecule has 0 aromatic heterocycles. The number of allylic oxidation sites excluding steroid dienone is 4. The molecule has 4 heteroatoms. The summed E-state index contributed by atoms with van der Waals surface area (Å²) < 4.78 is 5.41. The van der Waals surface area contributed by atoms with Crippen molar-refractivity contribution >= 4 is 17.4 Å². The molecule has 1 aliphatic carbocycles. The van der Waals surface area contributed by atoms with Gasteiger partial charge in [-0.15, -0.1) is 0 Å². The highest BCUT2D eigenvalue weighted by molar-refractivity contribution is 8.03. The molecule has 0 unspecified atom stereocenters. The van der Waals surface area contributed by atoms with Crippen LogP contribution in [0, 0.1) is 0 Å². The summed E-state index contributed by atoms with van der Waals surface area (Å²) in [5, 5.41) is 3.63. The first-order chi connectivity index (χ1) is 11.7. The monoisotopic (exact) mass is 344 g/mol. The second-order valence-corrected chi connectivity index (χ2v) is 7.71. The molecule has 130 valence electrons. The molecule has 1 aromatic carbocycles. The standard InChI is InChI=1S/C20H28N2OS/c1-16-7-8-19(17(2)15-16)24-20-6-4-3-5-18(20)21-9-10-22-11-13-23-14-12-22/h3-6,15,21H,7-14H2,1-2H3. The normalized spacial score (nSPS) is 19.3. The average Bonchev–Trinajstić information content (AvgIpc) is 2.60. The van der Waals surface area contributed by atoms with Crippen molar-refractivity contribution < 1.29 is 4.74 Å². The van der Waals surface area contributed by atoms with Gasteiger partial charge in [-0.25, -0.2) is 0 Å². The Bertz CT molecular complexity index is 618. The SMILES string of the molecule is CC1=CC(C)=C(Sc2ccccc2NCCN2CCOCC2)CC1. The van der Waals surface area contributed by atoms with Crippen molar-refractivity contribution in [2.45, 2.75) is 31.6 Å². The second-order valence-electron chi connectivity index (χ2n) is 6.58. The van der Waals surface area contributed by atoms with Gasteiger partial charge in [0.25, 0.3) is 0 Å². The molecule has 1 saturated heterocycles. The van der Waals surface area contributed by atoms with Crippen molar-refractivity contribution in [3.05, 3.63) is 46.4 Å². The first kappa shape index (κ1) is 17.6. The van der Waals surface area contributed by atoms with E-state index in [1.165, 1.54) is 39.5 Å². The summed E-state index contributed by atoms with van der Waals surface area (Å²) in [6.07, 6.45) is 4.69. The molecule has 0 spiro atoms. The van der Waals surface area contributed by atoms with Crippen molar-refractivity contribution in [2.75, 3.05) is 44.7 Å². The number of rotatable bonds is 6. The summed E-state index contributed by atoms with van der Waals surface area (Å²) in [5.41, 5.74) is 4.17. The lowest BCUT2D eigenvalue weighted by molar-refractivity contribution is 0.0398. The summed E-state index contributed by atoms with van der Waals surface area (Å²) in [4.78, 5) is 5.30. The van der Waals surface area contributed by atoms with E-state index in [9.17, 15) is 0 Å². The number of nitrogens with one attached hydrogen (secondary N) is 1. The molecule has 0 atom stereocenters. The molecule has 1 fully saturated rings. The van der Waals surface area contributed by atoms with Gasteiger partial charge < -0.3 is 10.1 Å². The van der Waals surface area contributed by atoms with Crippen LogP contribution in [0.2, 0.25) is 0 Å². The number of anilines is 1. The van der Waals surface area contributed by atoms with Gasteiger partial charge in [-0.2, -0.15) is 0 Å². The summed E-state index contributed by atoms with van der Waals surface area (Å²) in [6, 6.07) is 8.68. The van der Waals surface area contributed by atoms with Crippen LogP contribution in [0.4, 0.5) is 5.69 Å². The Morgan fingerprint density at radius 3 is 2.71 bits per heavy atom. The van der Waals surface area contributed by atoms with E-state index in [1.807, 2.05) is 11.8 Å². The first-order valence-corrected chi connectivity index (χ1v) is 9.72. The lowest BCUT2D eigenvalue weighted by Crippen LogP contribution is -2.39. The van der Waals surface area contributed by atoms with Gasteiger partial charge in [0.15, 0.2) is 0 Å². The number of ether oxygens (including phenoxy) is 1. The molecular formula is C20H28N2OS. The lowest BCUT2D eigenvalue weighted by Gasteiger charge is -2.26. The van der Waals surface area contributed by atoms with E-state index in [0.717, 1.165) is 39.4 Å². The number of morpholine rings is 1. The summed E-state index contributed by atoms with van der Waals surface area (Å²) in [5.74, 6) is 0. The highest BCUT2D eigenvalue weighted by Crippen LogP contribution is 2.39. The summed E-state index contributed by atoms with van der Waals surface area (Å²) in [6.45, 7) is 10.4. The predicted octanol–water partition coefficient (Wildman–Crippen LogP) is 4.54. The van der Waals surface area contributed by atoms with E-state index >= 15 is 0 Å². The molecule has 3 nitrogen and oxygen atoms in total. The Labute approximate surface area is 150 Å². The molecule has 24 heavy (non-hydrogen) atoms. The van der Waals surface area contributed by atoms with Crippen LogP contribution in [0.1, 0.15) is 26.7 Å². The number of thioether (sulfide) groups is 1. The van der Waals surface area contributed by atoms with Gasteiger partial charge in [0, 0.05) is 36.8 Å². The first-order valence-electron chi connectivity index (χ1n) is 8.90. The van der Waals surface area contributed by atoms with Crippen molar-refractivity contribution in [2.24, 2.45) is 0 Å². The van der Waals surface area contributed by atoms with Gasteiger partial charge in [0.05, 0.1) is 13.2 Å². The van der Waals surface area contributed by atoms with E-state index < -0.39 is 0 Å². The average molecular weight is 345 g/mol. The summed E-state index contributed by atoms with van der Waals surface area (Å²) in [7, 11) is 0. The van der Waals surface area contributed by atoms with Crippen LogP contribution < -0.4 is 5.32 Å². The van der Waals surface area contributed by atoms with Crippen LogP contribution in [-0.4, -0.2) is 44.3 Å². The molecule has 1 N–H and O–H groups in total. The quantitative estimate of drug-likeness (QED) is 0.819. The van der Waals surface area contributed by atoms with Crippen LogP contribution in [0.5, 0.6) is 0 Å². The lowest BCUT2D eigenvalue weighted by atomic mass is 10.0. The van der Waals surface area contributed by atoms with Gasteiger partial charge in [0.1, 0.15) is 0 Å². The van der Waals surface area contributed by atoms with Gasteiger partial charge >= 0.3 is 0 Å². The number of hydrogen-bond donors (Lipinski definition) is 1. The molecule has 1 heterocycles. The van der Waals surface area contributed by atoms with Crippen LogP contribution in [0.15, 0.2) is 51.3 Å². The second kappa shape index (κ2) is 8.75. The van der Waals surface area contributed by atoms with Crippen LogP contribution in [0.25, 0.3) is 0 Å². The summed E-state index contributed by atoms with van der Waals surface area (Å²) >= 11 is 1.93. The zero-order valence-corrected chi connectivity index (χ0v) is 15.6. The minimum absolute atomic E-state index is 0.868. The fourth-order valence-electron chi connectivity index (χ4n) is 3.17. The zero-order chi connectivity index (χ0) is 16.8. The molecule has 2 aliphatic rings. The van der Waals surface area contributed by atoms with Crippen LogP contribution in [0.3, 0.4) is 0 Å². The maximum absolute atomic E-state index is 5.41. The highest BCUT2D eigenvalue weighted by Gasteiger charge is 2.13. The van der Waals surface area contributed by atoms with Crippen molar-refractivity contribution in [3.8, 4) is 0 Å². The van der Waals surface area contributed by atoms with E-state index in [-0.39, 0.29) is 0 Å². The number of hydrogen-bond acceptors (Lipinski definition) is 4. The minimum atomic E-state index is 0.868. The van der Waals surface area contributed by atoms with Crippen LogP contribution in [-0.2, 0) is 4.74 Å². The Morgan fingerprint density at radius 2 is 1.92 bits per heavy atom. The largest absolute Gasteiger partial charge is 0.383 e. The Hall–Kier alpha value is -1.23. The smallest absolute Gasteiger partial charge is 0.0594 e. The number of nitrogens with zero attached hydrogens (tertiary/aromatic N) is 1. The molecule has 1 aliphatic heterocycles. The van der Waals surface area contributed by atoms with E-state index in [4.69, 9.17) is 4.74 Å². The van der Waals surface area contributed by atoms with Gasteiger partial charge in [-0.05, 0) is 49.3 Å². The number of para-hydroxylation sites is 1. The van der Waals surface area contributed by atoms with Crippen molar-refractivity contribution in [1.29, 1.82) is 0 Å². The molecule has 0 amide bonds. The predicted molar refractivity (Wildman–Crippen MR) is 104 cm³/mol. The Kier molecular flexibility index (Phi) is 6.41. The van der Waals surface area contributed by atoms with Crippen LogP contribution >= 0.6 is 11.8 Å². The zero-order valence-electron chi connectivity index (χ0n) is 14.8. The molecule has 0 saturated carbocycles. The minimum Gasteiger partial charge on any atom is -0.383 e. The molecule has 3 rings (SSSR count). The number of benzene rings is 1. The third kappa shape index (κ3) is 4.88. The molecule has 1 aromatic rings. The van der Waals surface area contributed by atoms with E-state index in [1.54, 1.807) is 0 Å². The third-order valence-electron chi connectivity index (χ3n) is 4.62.